The number of esters is 1. The lowest BCUT2D eigenvalue weighted by molar-refractivity contribution is 0.0665. The molecule has 0 spiro atoms. The third-order valence-corrected chi connectivity index (χ3v) is 2.87. The quantitative estimate of drug-likeness (QED) is 0.631. The van der Waals surface area contributed by atoms with Crippen LogP contribution in [0.25, 0.3) is 6.08 Å². The molecule has 2 aromatic carbocycles. The third-order valence-electron chi connectivity index (χ3n) is 2.56. The first-order valence-electron chi connectivity index (χ1n) is 5.83. The van der Waals surface area contributed by atoms with Crippen molar-refractivity contribution in [3.63, 3.8) is 0 Å². The number of ether oxygens (including phenoxy) is 1. The molecule has 2 rings (SSSR count). The number of nitriles is 1. The molecule has 0 heterocycles. The number of rotatable bonds is 3. The topological polar surface area (TPSA) is 50.1 Å². The summed E-state index contributed by atoms with van der Waals surface area (Å²) in [6.07, 6.45) is 3.01. The average molecular weight is 284 g/mol. The number of hydrogen-bond acceptors (Lipinski definition) is 3. The van der Waals surface area contributed by atoms with Gasteiger partial charge >= 0.3 is 5.97 Å². The van der Waals surface area contributed by atoms with Gasteiger partial charge in [-0.05, 0) is 29.8 Å². The maximum atomic E-state index is 11.8. The largest absolute Gasteiger partial charge is 0.431 e. The van der Waals surface area contributed by atoms with E-state index in [-0.39, 0.29) is 5.02 Å². The van der Waals surface area contributed by atoms with Crippen LogP contribution in [0.1, 0.15) is 21.5 Å². The first-order chi connectivity index (χ1) is 9.70. The Morgan fingerprint density at radius 1 is 1.20 bits per heavy atom. The molecule has 0 aliphatic carbocycles. The van der Waals surface area contributed by atoms with E-state index in [1.165, 1.54) is 24.5 Å². The molecule has 0 saturated heterocycles. The lowest BCUT2D eigenvalue weighted by Gasteiger charge is -2.01. The minimum atomic E-state index is -0.524. The third kappa shape index (κ3) is 3.47. The number of carbonyl (C=O) groups excluding carboxylic acids is 1. The molecule has 98 valence electrons. The van der Waals surface area contributed by atoms with E-state index in [1.54, 1.807) is 6.08 Å². The van der Waals surface area contributed by atoms with E-state index in [4.69, 9.17) is 21.6 Å². The Kier molecular flexibility index (Phi) is 4.54. The summed E-state index contributed by atoms with van der Waals surface area (Å²) in [6, 6.07) is 15.8. The van der Waals surface area contributed by atoms with Gasteiger partial charge < -0.3 is 4.74 Å². The Labute approximate surface area is 121 Å². The lowest BCUT2D eigenvalue weighted by atomic mass is 10.1. The van der Waals surface area contributed by atoms with E-state index in [1.807, 2.05) is 36.4 Å². The van der Waals surface area contributed by atoms with Crippen LogP contribution in [0.15, 0.2) is 54.8 Å². The molecule has 0 atom stereocenters. The smallest absolute Gasteiger partial charge is 0.342 e. The van der Waals surface area contributed by atoms with Crippen LogP contribution in [0.4, 0.5) is 0 Å². The molecular weight excluding hydrogens is 274 g/mol. The summed E-state index contributed by atoms with van der Waals surface area (Å²) in [6.45, 7) is 0. The van der Waals surface area contributed by atoms with Gasteiger partial charge in [0, 0.05) is 0 Å². The Balaban J connectivity index is 2.04. The number of halogens is 1. The van der Waals surface area contributed by atoms with Crippen molar-refractivity contribution in [3.8, 4) is 6.07 Å². The Hall–Kier alpha value is -2.57. The number of hydrogen-bond donors (Lipinski definition) is 0. The van der Waals surface area contributed by atoms with E-state index in [0.29, 0.717) is 11.1 Å². The first kappa shape index (κ1) is 13.9. The highest BCUT2D eigenvalue weighted by molar-refractivity contribution is 6.32. The Bertz CT molecular complexity index is 687. The van der Waals surface area contributed by atoms with Gasteiger partial charge in [-0.15, -0.1) is 0 Å². The molecule has 0 radical (unpaired) electrons. The summed E-state index contributed by atoms with van der Waals surface area (Å²) in [5.74, 6) is -0.524. The van der Waals surface area contributed by atoms with Gasteiger partial charge in [0.15, 0.2) is 0 Å². The molecule has 0 N–H and O–H groups in total. The molecule has 0 saturated carbocycles. The van der Waals surface area contributed by atoms with Gasteiger partial charge in [0.1, 0.15) is 6.07 Å². The van der Waals surface area contributed by atoms with Crippen molar-refractivity contribution in [3.05, 3.63) is 76.5 Å². The van der Waals surface area contributed by atoms with Crippen LogP contribution >= 0.6 is 11.6 Å². The summed E-state index contributed by atoms with van der Waals surface area (Å²) in [7, 11) is 0. The van der Waals surface area contributed by atoms with Crippen molar-refractivity contribution in [2.45, 2.75) is 0 Å². The summed E-state index contributed by atoms with van der Waals surface area (Å²) < 4.78 is 5.00. The van der Waals surface area contributed by atoms with Gasteiger partial charge in [-0.1, -0.05) is 41.9 Å². The van der Waals surface area contributed by atoms with Gasteiger partial charge in [-0.25, -0.2) is 4.79 Å². The van der Waals surface area contributed by atoms with Gasteiger partial charge in [0.25, 0.3) is 0 Å². The fraction of sp³-hybridized carbons (Fsp3) is 0. The standard InChI is InChI=1S/C16H10ClNO2/c17-15-10-13(6-7-14(15)11-18)16(19)20-9-8-12-4-2-1-3-5-12/h1-10H/b9-8+. The fourth-order valence-electron chi connectivity index (χ4n) is 1.54. The molecule has 20 heavy (non-hydrogen) atoms. The van der Waals surface area contributed by atoms with Crippen LogP contribution in [0.3, 0.4) is 0 Å². The molecule has 0 bridgehead atoms. The molecule has 0 aromatic heterocycles. The summed E-state index contributed by atoms with van der Waals surface area (Å²) >= 11 is 5.86. The zero-order valence-corrected chi connectivity index (χ0v) is 11.2. The van der Waals surface area contributed by atoms with Crippen LogP contribution in [0, 0.1) is 11.3 Å². The van der Waals surface area contributed by atoms with Crippen molar-refractivity contribution in [1.29, 1.82) is 5.26 Å². The van der Waals surface area contributed by atoms with E-state index < -0.39 is 5.97 Å². The number of benzene rings is 2. The van der Waals surface area contributed by atoms with Crippen molar-refractivity contribution >= 4 is 23.6 Å². The average Bonchev–Trinajstić information content (AvgIpc) is 2.48. The molecule has 0 aliphatic rings. The molecule has 0 amide bonds. The van der Waals surface area contributed by atoms with E-state index in [0.717, 1.165) is 5.56 Å². The van der Waals surface area contributed by atoms with Crippen LogP contribution < -0.4 is 0 Å². The highest BCUT2D eigenvalue weighted by Crippen LogP contribution is 2.17. The second kappa shape index (κ2) is 6.55. The minimum absolute atomic E-state index is 0.231. The zero-order chi connectivity index (χ0) is 14.4. The van der Waals surface area contributed by atoms with E-state index in [9.17, 15) is 4.79 Å². The summed E-state index contributed by atoms with van der Waals surface area (Å²) in [5.41, 5.74) is 1.55. The molecule has 0 unspecified atom stereocenters. The Morgan fingerprint density at radius 3 is 2.60 bits per heavy atom. The SMILES string of the molecule is N#Cc1ccc(C(=O)O/C=C/c2ccccc2)cc1Cl. The maximum absolute atomic E-state index is 11.8. The van der Waals surface area contributed by atoms with Crippen molar-refractivity contribution in [2.24, 2.45) is 0 Å². The molecule has 3 nitrogen and oxygen atoms in total. The molecule has 0 aliphatic heterocycles. The second-order valence-corrected chi connectivity index (χ2v) is 4.33. The normalized spacial score (nSPS) is 10.2. The lowest BCUT2D eigenvalue weighted by Crippen LogP contribution is -2.00. The summed E-state index contributed by atoms with van der Waals surface area (Å²) in [4.78, 5) is 11.8. The predicted molar refractivity (Wildman–Crippen MR) is 77.1 cm³/mol. The van der Waals surface area contributed by atoms with Crippen LogP contribution in [-0.4, -0.2) is 5.97 Å². The summed E-state index contributed by atoms with van der Waals surface area (Å²) in [5, 5.41) is 8.98. The van der Waals surface area contributed by atoms with Crippen LogP contribution in [-0.2, 0) is 4.74 Å². The highest BCUT2D eigenvalue weighted by atomic mass is 35.5. The monoisotopic (exact) mass is 283 g/mol. The van der Waals surface area contributed by atoms with E-state index >= 15 is 0 Å². The maximum Gasteiger partial charge on any atom is 0.342 e. The van der Waals surface area contributed by atoms with Crippen molar-refractivity contribution in [1.82, 2.24) is 0 Å². The van der Waals surface area contributed by atoms with Crippen LogP contribution in [0.5, 0.6) is 0 Å². The van der Waals surface area contributed by atoms with Gasteiger partial charge in [-0.2, -0.15) is 5.26 Å². The highest BCUT2D eigenvalue weighted by Gasteiger charge is 2.08. The predicted octanol–water partition coefficient (Wildman–Crippen LogP) is 4.04. The zero-order valence-electron chi connectivity index (χ0n) is 10.4. The van der Waals surface area contributed by atoms with Gasteiger partial charge in [-0.3, -0.25) is 0 Å². The molecule has 4 heteroatoms. The first-order valence-corrected chi connectivity index (χ1v) is 6.21. The molecule has 2 aromatic rings. The van der Waals surface area contributed by atoms with Gasteiger partial charge in [0.05, 0.1) is 22.4 Å². The van der Waals surface area contributed by atoms with E-state index in [2.05, 4.69) is 0 Å². The van der Waals surface area contributed by atoms with Gasteiger partial charge in [0.2, 0.25) is 0 Å². The number of carbonyl (C=O) groups is 1. The fourth-order valence-corrected chi connectivity index (χ4v) is 1.76. The molecule has 0 fully saturated rings. The minimum Gasteiger partial charge on any atom is -0.431 e. The Morgan fingerprint density at radius 2 is 1.95 bits per heavy atom. The van der Waals surface area contributed by atoms with Crippen LogP contribution in [0.2, 0.25) is 5.02 Å². The molecular formula is C16H10ClNO2. The number of nitrogens with zero attached hydrogens (tertiary/aromatic N) is 1. The second-order valence-electron chi connectivity index (χ2n) is 3.93. The van der Waals surface area contributed by atoms with Crippen molar-refractivity contribution < 1.29 is 9.53 Å². The van der Waals surface area contributed by atoms with Crippen molar-refractivity contribution in [2.75, 3.05) is 0 Å².